The first-order chi connectivity index (χ1) is 24.2. The van der Waals surface area contributed by atoms with Gasteiger partial charge < -0.3 is 0 Å². The topological polar surface area (TPSA) is 51.6 Å². The number of benzene rings is 7. The van der Waals surface area contributed by atoms with E-state index < -0.39 is 0 Å². The van der Waals surface area contributed by atoms with Crippen molar-refractivity contribution in [3.63, 3.8) is 0 Å². The van der Waals surface area contributed by atoms with Gasteiger partial charge in [0.05, 0.1) is 5.52 Å². The van der Waals surface area contributed by atoms with Gasteiger partial charge in [0, 0.05) is 33.3 Å². The van der Waals surface area contributed by atoms with Crippen molar-refractivity contribution in [2.24, 2.45) is 0 Å². The van der Waals surface area contributed by atoms with Crippen LogP contribution in [0, 0.1) is 6.92 Å². The molecule has 0 aliphatic carbocycles. The Bertz CT molecular complexity index is 2610. The van der Waals surface area contributed by atoms with Gasteiger partial charge in [-0.15, -0.1) is 0 Å². The van der Waals surface area contributed by atoms with Crippen LogP contribution in [0.1, 0.15) is 5.69 Å². The van der Waals surface area contributed by atoms with E-state index in [-0.39, 0.29) is 0 Å². The lowest BCUT2D eigenvalue weighted by atomic mass is 9.90. The number of nitrogens with zero attached hydrogens (tertiary/aromatic N) is 4. The number of hydrogen-bond acceptors (Lipinski definition) is 4. The Balaban J connectivity index is 1.35. The Hall–Kier alpha value is -6.52. The van der Waals surface area contributed by atoms with Gasteiger partial charge in [-0.2, -0.15) is 0 Å². The average molecular weight is 627 g/mol. The first-order valence-corrected chi connectivity index (χ1v) is 16.5. The minimum Gasteiger partial charge on any atom is -0.252 e. The monoisotopic (exact) mass is 626 g/mol. The van der Waals surface area contributed by atoms with E-state index in [1.807, 2.05) is 67.6 Å². The van der Waals surface area contributed by atoms with Gasteiger partial charge in [0.15, 0.2) is 17.5 Å². The van der Waals surface area contributed by atoms with Crippen molar-refractivity contribution in [2.75, 3.05) is 0 Å². The average Bonchev–Trinajstić information content (AvgIpc) is 3.17. The zero-order valence-electron chi connectivity index (χ0n) is 26.9. The highest BCUT2D eigenvalue weighted by molar-refractivity contribution is 6.14. The van der Waals surface area contributed by atoms with Crippen LogP contribution in [-0.4, -0.2) is 19.9 Å². The molecule has 4 heteroatoms. The number of rotatable bonds is 5. The summed E-state index contributed by atoms with van der Waals surface area (Å²) in [4.78, 5) is 20.2. The largest absolute Gasteiger partial charge is 0.252 e. The van der Waals surface area contributed by atoms with Crippen LogP contribution in [0.15, 0.2) is 164 Å². The lowest BCUT2D eigenvalue weighted by Crippen LogP contribution is -2.00. The Morgan fingerprint density at radius 2 is 0.857 bits per heavy atom. The molecule has 0 N–H and O–H groups in total. The summed E-state index contributed by atoms with van der Waals surface area (Å²) >= 11 is 0. The van der Waals surface area contributed by atoms with Crippen molar-refractivity contribution >= 4 is 32.4 Å². The van der Waals surface area contributed by atoms with Gasteiger partial charge in [0.2, 0.25) is 0 Å². The zero-order valence-corrected chi connectivity index (χ0v) is 26.9. The molecular weight excluding hydrogens is 597 g/mol. The molecule has 0 amide bonds. The highest BCUT2D eigenvalue weighted by Gasteiger charge is 2.17. The normalized spacial score (nSPS) is 11.4. The maximum absolute atomic E-state index is 5.12. The molecule has 49 heavy (non-hydrogen) atoms. The van der Waals surface area contributed by atoms with Gasteiger partial charge >= 0.3 is 0 Å². The number of fused-ring (bicyclic) bond motifs is 4. The summed E-state index contributed by atoms with van der Waals surface area (Å²) in [6, 6.07) is 57.1. The molecule has 0 aliphatic rings. The predicted octanol–water partition coefficient (Wildman–Crippen LogP) is 11.4. The summed E-state index contributed by atoms with van der Waals surface area (Å²) in [5.74, 6) is 1.88. The fourth-order valence-corrected chi connectivity index (χ4v) is 6.78. The second-order valence-corrected chi connectivity index (χ2v) is 12.4. The van der Waals surface area contributed by atoms with E-state index in [1.54, 1.807) is 0 Å². The summed E-state index contributed by atoms with van der Waals surface area (Å²) in [6.07, 6.45) is 0. The molecule has 2 heterocycles. The maximum atomic E-state index is 5.12. The molecule has 0 saturated carbocycles. The third-order valence-electron chi connectivity index (χ3n) is 9.14. The van der Waals surface area contributed by atoms with Crippen LogP contribution >= 0.6 is 0 Å². The second-order valence-electron chi connectivity index (χ2n) is 12.4. The van der Waals surface area contributed by atoms with Gasteiger partial charge in [0.1, 0.15) is 0 Å². The Kier molecular flexibility index (Phi) is 6.98. The lowest BCUT2D eigenvalue weighted by Gasteiger charge is -2.15. The molecule has 230 valence electrons. The van der Waals surface area contributed by atoms with Crippen molar-refractivity contribution in [3.05, 3.63) is 169 Å². The summed E-state index contributed by atoms with van der Waals surface area (Å²) in [5, 5.41) is 5.96. The Morgan fingerprint density at radius 1 is 0.327 bits per heavy atom. The van der Waals surface area contributed by atoms with E-state index in [2.05, 4.69) is 103 Å². The van der Waals surface area contributed by atoms with E-state index in [4.69, 9.17) is 19.9 Å². The summed E-state index contributed by atoms with van der Waals surface area (Å²) in [6.45, 7) is 2.04. The van der Waals surface area contributed by atoms with Crippen LogP contribution in [0.3, 0.4) is 0 Å². The quantitative estimate of drug-likeness (QED) is 0.178. The first-order valence-electron chi connectivity index (χ1n) is 16.5. The number of aromatic nitrogens is 4. The number of pyridine rings is 1. The highest BCUT2D eigenvalue weighted by atomic mass is 15.0. The lowest BCUT2D eigenvalue weighted by molar-refractivity contribution is 1.07. The van der Waals surface area contributed by atoms with Crippen LogP contribution < -0.4 is 0 Å². The molecule has 9 aromatic rings. The van der Waals surface area contributed by atoms with Crippen molar-refractivity contribution in [2.45, 2.75) is 6.92 Å². The molecule has 0 unspecified atom stereocenters. The van der Waals surface area contributed by atoms with E-state index in [0.29, 0.717) is 17.5 Å². The summed E-state index contributed by atoms with van der Waals surface area (Å²) in [7, 11) is 0. The molecular formula is C45H30N4. The van der Waals surface area contributed by atoms with Gasteiger partial charge in [0.25, 0.3) is 0 Å². The van der Waals surface area contributed by atoms with Crippen molar-refractivity contribution in [3.8, 4) is 56.4 Å². The third kappa shape index (κ3) is 5.30. The third-order valence-corrected chi connectivity index (χ3v) is 9.14. The van der Waals surface area contributed by atoms with Crippen LogP contribution in [0.5, 0.6) is 0 Å². The molecule has 9 rings (SSSR count). The van der Waals surface area contributed by atoms with E-state index in [1.165, 1.54) is 21.5 Å². The number of aryl methyl sites for hydroxylation is 1. The van der Waals surface area contributed by atoms with E-state index >= 15 is 0 Å². The molecule has 0 fully saturated rings. The van der Waals surface area contributed by atoms with E-state index in [9.17, 15) is 0 Å². The first kappa shape index (κ1) is 28.7. The minimum absolute atomic E-state index is 0.616. The fraction of sp³-hybridized carbons (Fsp3) is 0.0222. The standard InChI is InChI=1S/C45H30N4/c1-29-23-24-30-18-12-22-38(42(30)46-29)34-25-35(41-28-33-17-8-9-19-37(33)39-20-10-11-21-40(39)41)27-36(26-34)45-48-43(31-13-4-2-5-14-31)47-44(49-45)32-15-6-3-7-16-32/h2-28H,1H3. The maximum Gasteiger partial charge on any atom is 0.164 e. The van der Waals surface area contributed by atoms with Crippen LogP contribution in [0.25, 0.3) is 88.9 Å². The molecule has 4 nitrogen and oxygen atoms in total. The Labute approximate surface area is 284 Å². The summed E-state index contributed by atoms with van der Waals surface area (Å²) < 4.78 is 0. The zero-order chi connectivity index (χ0) is 32.7. The van der Waals surface area contributed by atoms with Crippen molar-refractivity contribution in [1.29, 1.82) is 0 Å². The van der Waals surface area contributed by atoms with Gasteiger partial charge in [-0.25, -0.2) is 15.0 Å². The molecule has 7 aromatic carbocycles. The van der Waals surface area contributed by atoms with Crippen molar-refractivity contribution in [1.82, 2.24) is 19.9 Å². The molecule has 0 radical (unpaired) electrons. The predicted molar refractivity (Wildman–Crippen MR) is 202 cm³/mol. The number of hydrogen-bond donors (Lipinski definition) is 0. The van der Waals surface area contributed by atoms with Crippen LogP contribution in [0.4, 0.5) is 0 Å². The molecule has 0 atom stereocenters. The molecule has 0 aliphatic heterocycles. The van der Waals surface area contributed by atoms with Gasteiger partial charge in [-0.05, 0) is 75.5 Å². The highest BCUT2D eigenvalue weighted by Crippen LogP contribution is 2.40. The van der Waals surface area contributed by atoms with Gasteiger partial charge in [-0.3, -0.25) is 4.98 Å². The molecule has 0 spiro atoms. The number of para-hydroxylation sites is 1. The summed E-state index contributed by atoms with van der Waals surface area (Å²) in [5.41, 5.74) is 9.10. The smallest absolute Gasteiger partial charge is 0.164 e. The molecule has 0 saturated heterocycles. The van der Waals surface area contributed by atoms with Gasteiger partial charge in [-0.1, -0.05) is 133 Å². The van der Waals surface area contributed by atoms with E-state index in [0.717, 1.165) is 55.5 Å². The molecule has 0 bridgehead atoms. The minimum atomic E-state index is 0.616. The van der Waals surface area contributed by atoms with Crippen LogP contribution in [0.2, 0.25) is 0 Å². The Morgan fingerprint density at radius 3 is 1.55 bits per heavy atom. The second kappa shape index (κ2) is 11.9. The molecule has 2 aromatic heterocycles. The fourth-order valence-electron chi connectivity index (χ4n) is 6.78. The SMILES string of the molecule is Cc1ccc2cccc(-c3cc(-c4nc(-c5ccccc5)nc(-c5ccccc5)n4)cc(-c4cc5ccccc5c5ccccc45)c3)c2n1. The van der Waals surface area contributed by atoms with Crippen LogP contribution in [-0.2, 0) is 0 Å². The van der Waals surface area contributed by atoms with Crippen molar-refractivity contribution < 1.29 is 0 Å².